The number of hydrogen-bond donors (Lipinski definition) is 0. The van der Waals surface area contributed by atoms with Gasteiger partial charge in [0.1, 0.15) is 8.55 Å². The molecule has 2 aliphatic heterocycles. The maximum Gasteiger partial charge on any atom is 0.416 e. The van der Waals surface area contributed by atoms with E-state index in [0.717, 1.165) is 29.0 Å². The van der Waals surface area contributed by atoms with E-state index in [9.17, 15) is 26.4 Å². The summed E-state index contributed by atoms with van der Waals surface area (Å²) in [5.41, 5.74) is 0.591. The summed E-state index contributed by atoms with van der Waals surface area (Å²) < 4.78 is 67.9. The highest BCUT2D eigenvalue weighted by Crippen LogP contribution is 2.41. The molecule has 0 spiro atoms. The van der Waals surface area contributed by atoms with E-state index in [2.05, 4.69) is 0 Å². The lowest BCUT2D eigenvalue weighted by Gasteiger charge is -2.38. The molecule has 1 amide bonds. The average molecular weight is 619 g/mol. The third kappa shape index (κ3) is 5.78. The monoisotopic (exact) mass is 617 g/mol. The van der Waals surface area contributed by atoms with Gasteiger partial charge in [-0.2, -0.15) is 17.5 Å². The van der Waals surface area contributed by atoms with Gasteiger partial charge in [0.05, 0.1) is 16.5 Å². The summed E-state index contributed by atoms with van der Waals surface area (Å²) in [6, 6.07) is 15.8. The number of benzene rings is 2. The van der Waals surface area contributed by atoms with Crippen LogP contribution in [0.3, 0.4) is 0 Å². The predicted octanol–water partition coefficient (Wildman–Crippen LogP) is 5.83. The van der Waals surface area contributed by atoms with Crippen molar-refractivity contribution in [3.8, 4) is 0 Å². The van der Waals surface area contributed by atoms with Gasteiger partial charge in [0.2, 0.25) is 5.91 Å². The van der Waals surface area contributed by atoms with Crippen molar-refractivity contribution in [3.63, 3.8) is 0 Å². The van der Waals surface area contributed by atoms with Crippen molar-refractivity contribution in [3.05, 3.63) is 81.1 Å². The number of amides is 1. The Labute approximate surface area is 238 Å². The van der Waals surface area contributed by atoms with Crippen LogP contribution in [0.1, 0.15) is 17.0 Å². The third-order valence-electron chi connectivity index (χ3n) is 7.18. The number of piperazine rings is 1. The molecule has 3 heterocycles. The molecular weight excluding hydrogens is 594 g/mol. The molecule has 208 valence electrons. The molecular formula is C26H24Cl2F3N3O3S2. The zero-order valence-electron chi connectivity index (χ0n) is 20.4. The summed E-state index contributed by atoms with van der Waals surface area (Å²) in [6.07, 6.45) is -4.44. The Morgan fingerprint density at radius 2 is 1.62 bits per heavy atom. The molecule has 6 nitrogen and oxygen atoms in total. The Balaban J connectivity index is 1.34. The van der Waals surface area contributed by atoms with Gasteiger partial charge < -0.3 is 9.80 Å². The summed E-state index contributed by atoms with van der Waals surface area (Å²) in [7, 11) is -3.93. The maximum absolute atomic E-state index is 13.8. The summed E-state index contributed by atoms with van der Waals surface area (Å²) in [5.74, 6) is -1.15. The van der Waals surface area contributed by atoms with Gasteiger partial charge in [-0.3, -0.25) is 4.79 Å². The number of hydrogen-bond acceptors (Lipinski definition) is 5. The van der Waals surface area contributed by atoms with Crippen molar-refractivity contribution < 1.29 is 26.4 Å². The second-order valence-electron chi connectivity index (χ2n) is 9.49. The molecule has 2 saturated heterocycles. The fraction of sp³-hybridized carbons (Fsp3) is 0.346. The number of halogens is 5. The first-order chi connectivity index (χ1) is 18.4. The molecule has 39 heavy (non-hydrogen) atoms. The van der Waals surface area contributed by atoms with Crippen LogP contribution in [-0.4, -0.2) is 62.8 Å². The fourth-order valence-corrected chi connectivity index (χ4v) is 8.66. The number of anilines is 1. The van der Waals surface area contributed by atoms with E-state index >= 15 is 0 Å². The minimum Gasteiger partial charge on any atom is -0.368 e. The molecule has 0 bridgehead atoms. The van der Waals surface area contributed by atoms with Gasteiger partial charge in [-0.1, -0.05) is 59.6 Å². The number of carbonyl (C=O) groups excluding carboxylic acids is 1. The highest BCUT2D eigenvalue weighted by Gasteiger charge is 2.45. The molecule has 1 aromatic heterocycles. The maximum atomic E-state index is 13.8. The molecule has 2 aliphatic rings. The van der Waals surface area contributed by atoms with E-state index < -0.39 is 27.7 Å². The first-order valence-electron chi connectivity index (χ1n) is 12.2. The Hall–Kier alpha value is -2.31. The van der Waals surface area contributed by atoms with Crippen LogP contribution in [0, 0.1) is 5.92 Å². The van der Waals surface area contributed by atoms with Gasteiger partial charge in [-0.25, -0.2) is 8.42 Å². The van der Waals surface area contributed by atoms with Crippen molar-refractivity contribution >= 4 is 56.2 Å². The van der Waals surface area contributed by atoms with Crippen LogP contribution >= 0.6 is 34.5 Å². The molecule has 3 aromatic rings. The van der Waals surface area contributed by atoms with Crippen molar-refractivity contribution in [2.75, 3.05) is 44.2 Å². The first kappa shape index (κ1) is 28.2. The van der Waals surface area contributed by atoms with Crippen molar-refractivity contribution in [1.82, 2.24) is 9.21 Å². The van der Waals surface area contributed by atoms with Crippen LogP contribution in [0.5, 0.6) is 0 Å². The summed E-state index contributed by atoms with van der Waals surface area (Å²) in [4.78, 5) is 17.3. The van der Waals surface area contributed by atoms with E-state index in [0.29, 0.717) is 31.9 Å². The SMILES string of the molecule is O=C([C@@H]1CN(S(=O)(=O)c2cc(Cl)c(Cl)s2)C[C@H]1c1ccccc1)N1CCN(c2cccc(C(F)(F)F)c2)CC1. The standard InChI is InChI=1S/C26H24Cl2F3N3O3S2/c27-22-14-23(38-24(22)28)39(36,37)34-15-20(17-5-2-1-3-6-17)21(16-34)25(35)33-11-9-32(10-12-33)19-8-4-7-18(13-19)26(29,30)31/h1-8,13-14,20-21H,9-12,15-16H2/t20-,21+/m0/s1. The number of sulfonamides is 1. The normalized spacial score (nSPS) is 20.9. The molecule has 0 saturated carbocycles. The Morgan fingerprint density at radius 1 is 0.923 bits per heavy atom. The van der Waals surface area contributed by atoms with Crippen molar-refractivity contribution in [2.45, 2.75) is 16.3 Å². The molecule has 2 aromatic carbocycles. The largest absolute Gasteiger partial charge is 0.416 e. The number of rotatable bonds is 5. The van der Waals surface area contributed by atoms with Crippen LogP contribution < -0.4 is 4.90 Å². The van der Waals surface area contributed by atoms with Gasteiger partial charge >= 0.3 is 6.18 Å². The Kier molecular flexibility index (Phi) is 7.91. The summed E-state index contributed by atoms with van der Waals surface area (Å²) in [5, 5.41) is 0.158. The van der Waals surface area contributed by atoms with Gasteiger partial charge in [0.15, 0.2) is 0 Å². The zero-order chi connectivity index (χ0) is 27.9. The lowest BCUT2D eigenvalue weighted by Crippen LogP contribution is -2.51. The number of thiophene rings is 1. The summed E-state index contributed by atoms with van der Waals surface area (Å²) >= 11 is 12.9. The molecule has 0 unspecified atom stereocenters. The van der Waals surface area contributed by atoms with Gasteiger partial charge in [0, 0.05) is 50.9 Å². The van der Waals surface area contributed by atoms with E-state index in [1.165, 1.54) is 16.4 Å². The molecule has 0 radical (unpaired) electrons. The number of carbonyl (C=O) groups is 1. The third-order valence-corrected chi connectivity index (χ3v) is 11.3. The number of nitrogens with zero attached hydrogens (tertiary/aromatic N) is 3. The highest BCUT2D eigenvalue weighted by molar-refractivity contribution is 7.91. The van der Waals surface area contributed by atoms with Gasteiger partial charge in [-0.15, -0.1) is 11.3 Å². The quantitative estimate of drug-likeness (QED) is 0.362. The van der Waals surface area contributed by atoms with Crippen molar-refractivity contribution in [1.29, 1.82) is 0 Å². The first-order valence-corrected chi connectivity index (χ1v) is 15.2. The molecule has 2 atom stereocenters. The molecule has 13 heteroatoms. The second kappa shape index (κ2) is 10.9. The average Bonchev–Trinajstić information content (AvgIpc) is 3.53. The fourth-order valence-electron chi connectivity index (χ4n) is 5.13. The zero-order valence-corrected chi connectivity index (χ0v) is 23.6. The lowest BCUT2D eigenvalue weighted by atomic mass is 9.88. The van der Waals surface area contributed by atoms with Crippen LogP contribution in [-0.2, 0) is 21.0 Å². The molecule has 0 aliphatic carbocycles. The smallest absolute Gasteiger partial charge is 0.368 e. The Bertz CT molecular complexity index is 1440. The van der Waals surface area contributed by atoms with E-state index in [-0.39, 0.29) is 38.5 Å². The van der Waals surface area contributed by atoms with Crippen molar-refractivity contribution in [2.24, 2.45) is 5.92 Å². The molecule has 0 N–H and O–H groups in total. The van der Waals surface area contributed by atoms with Gasteiger partial charge in [0.25, 0.3) is 10.0 Å². The lowest BCUT2D eigenvalue weighted by molar-refractivity contribution is -0.137. The van der Waals surface area contributed by atoms with Crippen LogP contribution in [0.2, 0.25) is 9.36 Å². The second-order valence-corrected chi connectivity index (χ2v) is 13.7. The number of alkyl halides is 3. The minimum absolute atomic E-state index is 0.00169. The highest BCUT2D eigenvalue weighted by atomic mass is 35.5. The predicted molar refractivity (Wildman–Crippen MR) is 146 cm³/mol. The molecule has 5 rings (SSSR count). The van der Waals surface area contributed by atoms with Gasteiger partial charge in [-0.05, 0) is 29.8 Å². The van der Waals surface area contributed by atoms with E-state index in [4.69, 9.17) is 23.2 Å². The van der Waals surface area contributed by atoms with Crippen LogP contribution in [0.25, 0.3) is 0 Å². The topological polar surface area (TPSA) is 60.9 Å². The molecule has 2 fully saturated rings. The minimum atomic E-state index is -4.44. The van der Waals surface area contributed by atoms with Crippen LogP contribution in [0.4, 0.5) is 18.9 Å². The van der Waals surface area contributed by atoms with E-state index in [1.54, 1.807) is 11.0 Å². The van der Waals surface area contributed by atoms with E-state index in [1.807, 2.05) is 35.2 Å². The van der Waals surface area contributed by atoms with Crippen LogP contribution in [0.15, 0.2) is 64.9 Å². The summed E-state index contributed by atoms with van der Waals surface area (Å²) in [6.45, 7) is 1.49. The Morgan fingerprint density at radius 3 is 2.23 bits per heavy atom.